The lowest BCUT2D eigenvalue weighted by molar-refractivity contribution is -0.123. The second kappa shape index (κ2) is 3.34. The average molecular weight is 206 g/mol. The van der Waals surface area contributed by atoms with E-state index in [9.17, 15) is 9.59 Å². The van der Waals surface area contributed by atoms with Crippen LogP contribution in [0.3, 0.4) is 0 Å². The van der Waals surface area contributed by atoms with Crippen molar-refractivity contribution in [2.45, 2.75) is 20.0 Å². The van der Waals surface area contributed by atoms with Crippen LogP contribution in [0.2, 0.25) is 0 Å². The Balaban J connectivity index is 2.42. The van der Waals surface area contributed by atoms with Crippen molar-refractivity contribution in [1.82, 2.24) is 10.3 Å². The number of pyridine rings is 1. The number of ether oxygens (including phenoxy) is 1. The highest BCUT2D eigenvalue weighted by molar-refractivity contribution is 6.00. The highest BCUT2D eigenvalue weighted by atomic mass is 16.6. The fourth-order valence-electron chi connectivity index (χ4n) is 1.48. The summed E-state index contributed by atoms with van der Waals surface area (Å²) in [6.07, 6.45) is 1.69. The lowest BCUT2D eigenvalue weighted by Gasteiger charge is -2.10. The molecule has 0 aromatic carbocycles. The molecule has 1 fully saturated rings. The molecule has 0 saturated carbocycles. The van der Waals surface area contributed by atoms with Gasteiger partial charge < -0.3 is 4.74 Å². The second-order valence-corrected chi connectivity index (χ2v) is 3.45. The summed E-state index contributed by atoms with van der Waals surface area (Å²) in [6, 6.07) is 0. The van der Waals surface area contributed by atoms with Gasteiger partial charge in [-0.25, -0.2) is 4.79 Å². The molecule has 2 heterocycles. The predicted molar refractivity (Wildman–Crippen MR) is 51.1 cm³/mol. The minimum absolute atomic E-state index is 0.435. The SMILES string of the molecule is Cc1cncc(C2OC(=O)NC2=O)c1C. The summed E-state index contributed by atoms with van der Waals surface area (Å²) in [7, 11) is 0. The van der Waals surface area contributed by atoms with Crippen LogP contribution in [0.1, 0.15) is 22.8 Å². The van der Waals surface area contributed by atoms with Crippen molar-refractivity contribution < 1.29 is 14.3 Å². The molecular formula is C10H10N2O3. The van der Waals surface area contributed by atoms with E-state index in [1.54, 1.807) is 12.4 Å². The number of hydrogen-bond donors (Lipinski definition) is 1. The van der Waals surface area contributed by atoms with Crippen molar-refractivity contribution in [3.63, 3.8) is 0 Å². The Bertz CT molecular complexity index is 442. The monoisotopic (exact) mass is 206 g/mol. The molecule has 1 N–H and O–H groups in total. The number of aryl methyl sites for hydroxylation is 1. The lowest BCUT2D eigenvalue weighted by atomic mass is 10.0. The van der Waals surface area contributed by atoms with Crippen LogP contribution >= 0.6 is 0 Å². The maximum absolute atomic E-state index is 11.4. The van der Waals surface area contributed by atoms with Crippen molar-refractivity contribution in [3.05, 3.63) is 29.1 Å². The van der Waals surface area contributed by atoms with E-state index in [1.165, 1.54) is 0 Å². The summed E-state index contributed by atoms with van der Waals surface area (Å²) in [5, 5.41) is 2.08. The molecular weight excluding hydrogens is 196 g/mol. The van der Waals surface area contributed by atoms with Gasteiger partial charge in [-0.1, -0.05) is 0 Å². The van der Waals surface area contributed by atoms with Crippen LogP contribution in [0.25, 0.3) is 0 Å². The Morgan fingerprint density at radius 2 is 2.07 bits per heavy atom. The number of alkyl carbamates (subject to hydrolysis) is 1. The molecule has 1 unspecified atom stereocenters. The molecule has 1 saturated heterocycles. The predicted octanol–water partition coefficient (Wildman–Crippen LogP) is 1.01. The number of rotatable bonds is 1. The number of cyclic esters (lactones) is 1. The molecule has 2 rings (SSSR count). The zero-order valence-electron chi connectivity index (χ0n) is 8.40. The Labute approximate surface area is 86.5 Å². The van der Waals surface area contributed by atoms with Gasteiger partial charge in [0.15, 0.2) is 0 Å². The van der Waals surface area contributed by atoms with Crippen molar-refractivity contribution in [2.24, 2.45) is 0 Å². The van der Waals surface area contributed by atoms with Crippen molar-refractivity contribution in [3.8, 4) is 0 Å². The molecule has 78 valence electrons. The first-order valence-electron chi connectivity index (χ1n) is 4.52. The van der Waals surface area contributed by atoms with Crippen LogP contribution in [0.15, 0.2) is 12.4 Å². The molecule has 15 heavy (non-hydrogen) atoms. The number of aromatic nitrogens is 1. The number of carbonyl (C=O) groups is 2. The third-order valence-electron chi connectivity index (χ3n) is 2.48. The molecule has 0 aliphatic carbocycles. The van der Waals surface area contributed by atoms with E-state index in [-0.39, 0.29) is 0 Å². The Kier molecular flexibility index (Phi) is 2.15. The zero-order chi connectivity index (χ0) is 11.0. The third kappa shape index (κ3) is 1.56. The maximum Gasteiger partial charge on any atom is 0.415 e. The van der Waals surface area contributed by atoms with E-state index in [0.717, 1.165) is 11.1 Å². The number of nitrogens with zero attached hydrogens (tertiary/aromatic N) is 1. The van der Waals surface area contributed by atoms with E-state index in [1.807, 2.05) is 13.8 Å². The van der Waals surface area contributed by atoms with Crippen LogP contribution in [-0.4, -0.2) is 17.0 Å². The fourth-order valence-corrected chi connectivity index (χ4v) is 1.48. The average Bonchev–Trinajstić information content (AvgIpc) is 2.50. The zero-order valence-corrected chi connectivity index (χ0v) is 8.40. The molecule has 0 spiro atoms. The van der Waals surface area contributed by atoms with Gasteiger partial charge in [-0.05, 0) is 25.0 Å². The quantitative estimate of drug-likeness (QED) is 0.744. The van der Waals surface area contributed by atoms with Crippen molar-refractivity contribution >= 4 is 12.0 Å². The van der Waals surface area contributed by atoms with Gasteiger partial charge in [-0.15, -0.1) is 0 Å². The van der Waals surface area contributed by atoms with Gasteiger partial charge in [0.1, 0.15) is 0 Å². The molecule has 1 aliphatic heterocycles. The smallest absolute Gasteiger partial charge is 0.415 e. The first-order chi connectivity index (χ1) is 7.09. The van der Waals surface area contributed by atoms with Crippen molar-refractivity contribution in [2.75, 3.05) is 0 Å². The minimum atomic E-state index is -0.857. The minimum Gasteiger partial charge on any atom is -0.431 e. The largest absolute Gasteiger partial charge is 0.431 e. The van der Waals surface area contributed by atoms with Crippen LogP contribution in [0, 0.1) is 13.8 Å². The van der Waals surface area contributed by atoms with E-state index in [4.69, 9.17) is 4.74 Å². The normalized spacial score (nSPS) is 20.0. The summed E-state index contributed by atoms with van der Waals surface area (Å²) in [5.74, 6) is -0.435. The summed E-state index contributed by atoms with van der Waals surface area (Å²) >= 11 is 0. The van der Waals surface area contributed by atoms with Gasteiger partial charge in [0, 0.05) is 18.0 Å². The molecule has 1 aliphatic rings. The molecule has 0 radical (unpaired) electrons. The fraction of sp³-hybridized carbons (Fsp3) is 0.300. The summed E-state index contributed by atoms with van der Waals surface area (Å²) in [6.45, 7) is 3.76. The van der Waals surface area contributed by atoms with E-state index in [0.29, 0.717) is 5.56 Å². The van der Waals surface area contributed by atoms with Gasteiger partial charge in [0.05, 0.1) is 0 Å². The van der Waals surface area contributed by atoms with Crippen molar-refractivity contribution in [1.29, 1.82) is 0 Å². The first-order valence-corrected chi connectivity index (χ1v) is 4.52. The van der Waals surface area contributed by atoms with E-state index < -0.39 is 18.1 Å². The lowest BCUT2D eigenvalue weighted by Crippen LogP contribution is -2.21. The summed E-state index contributed by atoms with van der Waals surface area (Å²) < 4.78 is 4.86. The van der Waals surface area contributed by atoms with Gasteiger partial charge in [-0.2, -0.15) is 0 Å². The molecule has 0 bridgehead atoms. The molecule has 1 aromatic heterocycles. The second-order valence-electron chi connectivity index (χ2n) is 3.45. The Morgan fingerprint density at radius 1 is 1.33 bits per heavy atom. The number of amides is 2. The molecule has 5 nitrogen and oxygen atoms in total. The number of carbonyl (C=O) groups excluding carboxylic acids is 2. The van der Waals surface area contributed by atoms with Crippen LogP contribution in [0.5, 0.6) is 0 Å². The molecule has 2 amide bonds. The van der Waals surface area contributed by atoms with E-state index >= 15 is 0 Å². The standard InChI is InChI=1S/C10H10N2O3/c1-5-3-11-4-7(6(5)2)8-9(13)12-10(14)15-8/h3-4,8H,1-2H3,(H,12,13,14). The van der Waals surface area contributed by atoms with E-state index in [2.05, 4.69) is 10.3 Å². The molecule has 1 atom stereocenters. The van der Waals surface area contributed by atoms with Crippen LogP contribution in [-0.2, 0) is 9.53 Å². The molecule has 5 heteroatoms. The highest BCUT2D eigenvalue weighted by Crippen LogP contribution is 2.25. The van der Waals surface area contributed by atoms with Crippen LogP contribution < -0.4 is 5.32 Å². The van der Waals surface area contributed by atoms with Crippen LogP contribution in [0.4, 0.5) is 4.79 Å². The van der Waals surface area contributed by atoms with Gasteiger partial charge in [0.25, 0.3) is 5.91 Å². The Morgan fingerprint density at radius 3 is 2.67 bits per heavy atom. The summed E-state index contributed by atoms with van der Waals surface area (Å²) in [4.78, 5) is 26.2. The maximum atomic E-state index is 11.4. The first kappa shape index (κ1) is 9.64. The third-order valence-corrected chi connectivity index (χ3v) is 2.48. The highest BCUT2D eigenvalue weighted by Gasteiger charge is 2.34. The summed E-state index contributed by atoms with van der Waals surface area (Å²) in [5.41, 5.74) is 2.52. The number of imide groups is 1. The number of nitrogens with one attached hydrogen (secondary N) is 1. The van der Waals surface area contributed by atoms with Gasteiger partial charge in [-0.3, -0.25) is 15.1 Å². The van der Waals surface area contributed by atoms with Gasteiger partial charge >= 0.3 is 6.09 Å². The number of hydrogen-bond acceptors (Lipinski definition) is 4. The Hall–Kier alpha value is -1.91. The van der Waals surface area contributed by atoms with Gasteiger partial charge in [0.2, 0.25) is 6.10 Å². The topological polar surface area (TPSA) is 68.3 Å². The molecule has 1 aromatic rings.